The summed E-state index contributed by atoms with van der Waals surface area (Å²) in [5.41, 5.74) is 1.51. The van der Waals surface area contributed by atoms with Crippen molar-refractivity contribution in [2.75, 3.05) is 63.1 Å². The molecule has 0 radical (unpaired) electrons. The molecule has 0 spiro atoms. The predicted octanol–water partition coefficient (Wildman–Crippen LogP) is 2.48. The minimum Gasteiger partial charge on any atom is -0.497 e. The van der Waals surface area contributed by atoms with Crippen molar-refractivity contribution in [1.29, 1.82) is 0 Å². The number of nitrogens with zero attached hydrogens (tertiary/aromatic N) is 3. The zero-order valence-electron chi connectivity index (χ0n) is 20.0. The highest BCUT2D eigenvalue weighted by molar-refractivity contribution is 6.35. The highest BCUT2D eigenvalue weighted by atomic mass is 35.5. The minimum atomic E-state index is -0.876. The van der Waals surface area contributed by atoms with Crippen LogP contribution in [-0.4, -0.2) is 86.5 Å². The lowest BCUT2D eigenvalue weighted by Crippen LogP contribution is -2.60. The van der Waals surface area contributed by atoms with Gasteiger partial charge in [0, 0.05) is 66.8 Å². The van der Waals surface area contributed by atoms with Crippen LogP contribution in [0.25, 0.3) is 0 Å². The van der Waals surface area contributed by atoms with Crippen LogP contribution < -0.4 is 20.3 Å². The van der Waals surface area contributed by atoms with E-state index in [0.717, 1.165) is 24.5 Å². The van der Waals surface area contributed by atoms with Crippen molar-refractivity contribution in [3.05, 3.63) is 52.5 Å². The number of piperazine rings is 2. The Kier molecular flexibility index (Phi) is 8.56. The van der Waals surface area contributed by atoms with Crippen LogP contribution in [0.4, 0.5) is 11.4 Å². The number of nitrogens with one attached hydrogen (secondary N) is 2. The second-order valence-corrected chi connectivity index (χ2v) is 9.64. The van der Waals surface area contributed by atoms with E-state index < -0.39 is 11.9 Å². The Morgan fingerprint density at radius 2 is 1.78 bits per heavy atom. The van der Waals surface area contributed by atoms with Crippen LogP contribution >= 0.6 is 23.2 Å². The first-order valence-electron chi connectivity index (χ1n) is 11.8. The van der Waals surface area contributed by atoms with Gasteiger partial charge in [-0.1, -0.05) is 29.3 Å². The monoisotopic (exact) mass is 533 g/mol. The molecule has 1 atom stereocenters. The summed E-state index contributed by atoms with van der Waals surface area (Å²) in [7, 11) is 1.65. The molecular formula is C25H29Cl2N5O4. The Labute approximate surface area is 220 Å². The fourth-order valence-corrected chi connectivity index (χ4v) is 5.01. The quantitative estimate of drug-likeness (QED) is 0.567. The van der Waals surface area contributed by atoms with E-state index in [9.17, 15) is 14.4 Å². The molecule has 192 valence electrons. The second kappa shape index (κ2) is 11.8. The van der Waals surface area contributed by atoms with Gasteiger partial charge in [-0.3, -0.25) is 19.3 Å². The number of carbonyl (C=O) groups is 3. The molecule has 0 saturated carbocycles. The second-order valence-electron chi connectivity index (χ2n) is 8.77. The number of halogens is 2. The smallest absolute Gasteiger partial charge is 0.243 e. The third kappa shape index (κ3) is 6.60. The molecule has 2 aliphatic heterocycles. The molecule has 0 aromatic heterocycles. The average Bonchev–Trinajstić information content (AvgIpc) is 2.85. The maximum absolute atomic E-state index is 13.2. The van der Waals surface area contributed by atoms with E-state index in [4.69, 9.17) is 27.9 Å². The molecule has 3 amide bonds. The van der Waals surface area contributed by atoms with Gasteiger partial charge >= 0.3 is 0 Å². The van der Waals surface area contributed by atoms with Crippen LogP contribution in [0.3, 0.4) is 0 Å². The summed E-state index contributed by atoms with van der Waals surface area (Å²) in [6, 6.07) is 11.7. The highest BCUT2D eigenvalue weighted by Gasteiger charge is 2.35. The van der Waals surface area contributed by atoms with Gasteiger partial charge in [-0.2, -0.15) is 0 Å². The SMILES string of the molecule is COc1cccc(N2CCN(CC(=O)N3CCNC(=O)[C@@H]3CC(=O)Nc3cc(Cl)cc(Cl)c3)CC2)c1. The summed E-state index contributed by atoms with van der Waals surface area (Å²) in [6.45, 7) is 3.88. The molecule has 2 aromatic carbocycles. The van der Waals surface area contributed by atoms with Crippen LogP contribution in [0.2, 0.25) is 10.0 Å². The number of benzene rings is 2. The van der Waals surface area contributed by atoms with E-state index in [2.05, 4.69) is 20.4 Å². The summed E-state index contributed by atoms with van der Waals surface area (Å²) in [5, 5.41) is 6.24. The average molecular weight is 534 g/mol. The molecule has 2 aromatic rings. The molecule has 2 saturated heterocycles. The molecule has 11 heteroatoms. The van der Waals surface area contributed by atoms with Gasteiger partial charge in [-0.05, 0) is 30.3 Å². The fourth-order valence-electron chi connectivity index (χ4n) is 4.48. The summed E-state index contributed by atoms with van der Waals surface area (Å²) in [5.74, 6) is -0.0953. The van der Waals surface area contributed by atoms with Crippen LogP contribution in [0, 0.1) is 0 Å². The number of ether oxygens (including phenoxy) is 1. The number of hydrogen-bond donors (Lipinski definition) is 2. The fraction of sp³-hybridized carbons (Fsp3) is 0.400. The Bertz CT molecular complexity index is 1100. The standard InChI is InChI=1S/C25H29Cl2N5O4/c1-36-21-4-2-3-20(14-21)31-9-7-30(8-10-31)16-24(34)32-6-5-28-25(35)22(32)15-23(33)29-19-12-17(26)11-18(27)13-19/h2-4,11-14,22H,5-10,15-16H2,1H3,(H,28,35)(H,29,33)/t22-/m0/s1. The van der Waals surface area contributed by atoms with Crippen molar-refractivity contribution >= 4 is 52.3 Å². The van der Waals surface area contributed by atoms with E-state index in [1.165, 1.54) is 4.90 Å². The van der Waals surface area contributed by atoms with Gasteiger partial charge in [0.25, 0.3) is 0 Å². The first-order chi connectivity index (χ1) is 17.3. The summed E-state index contributed by atoms with van der Waals surface area (Å²) in [4.78, 5) is 44.3. The topological polar surface area (TPSA) is 94.2 Å². The first-order valence-corrected chi connectivity index (χ1v) is 12.5. The largest absolute Gasteiger partial charge is 0.497 e. The van der Waals surface area contributed by atoms with Gasteiger partial charge < -0.3 is 25.2 Å². The highest BCUT2D eigenvalue weighted by Crippen LogP contribution is 2.24. The van der Waals surface area contributed by atoms with E-state index >= 15 is 0 Å². The maximum atomic E-state index is 13.2. The van der Waals surface area contributed by atoms with E-state index in [1.807, 2.05) is 24.3 Å². The molecule has 4 rings (SSSR count). The van der Waals surface area contributed by atoms with Crippen molar-refractivity contribution in [3.8, 4) is 5.75 Å². The van der Waals surface area contributed by atoms with Gasteiger partial charge in [-0.15, -0.1) is 0 Å². The third-order valence-electron chi connectivity index (χ3n) is 6.33. The molecule has 36 heavy (non-hydrogen) atoms. The van der Waals surface area contributed by atoms with Crippen molar-refractivity contribution in [1.82, 2.24) is 15.1 Å². The van der Waals surface area contributed by atoms with Gasteiger partial charge in [-0.25, -0.2) is 0 Å². The maximum Gasteiger partial charge on any atom is 0.243 e. The van der Waals surface area contributed by atoms with E-state index in [-0.39, 0.29) is 24.8 Å². The number of hydrogen-bond acceptors (Lipinski definition) is 6. The molecule has 0 unspecified atom stereocenters. The molecule has 9 nitrogen and oxygen atoms in total. The van der Waals surface area contributed by atoms with Gasteiger partial charge in [0.2, 0.25) is 17.7 Å². The van der Waals surface area contributed by atoms with Gasteiger partial charge in [0.1, 0.15) is 11.8 Å². The number of rotatable bonds is 7. The van der Waals surface area contributed by atoms with Gasteiger partial charge in [0.15, 0.2) is 0 Å². The lowest BCUT2D eigenvalue weighted by molar-refractivity contribution is -0.145. The van der Waals surface area contributed by atoms with E-state index in [0.29, 0.717) is 41.9 Å². The molecule has 2 N–H and O–H groups in total. The normalized spacial score (nSPS) is 18.5. The van der Waals surface area contributed by atoms with Crippen molar-refractivity contribution < 1.29 is 19.1 Å². The lowest BCUT2D eigenvalue weighted by Gasteiger charge is -2.39. The van der Waals surface area contributed by atoms with Crippen LogP contribution in [0.5, 0.6) is 5.75 Å². The van der Waals surface area contributed by atoms with Crippen LogP contribution in [-0.2, 0) is 14.4 Å². The zero-order chi connectivity index (χ0) is 25.7. The van der Waals surface area contributed by atoms with Crippen LogP contribution in [0.15, 0.2) is 42.5 Å². The van der Waals surface area contributed by atoms with Crippen molar-refractivity contribution in [2.24, 2.45) is 0 Å². The zero-order valence-corrected chi connectivity index (χ0v) is 21.5. The first kappa shape index (κ1) is 26.1. The predicted molar refractivity (Wildman–Crippen MR) is 140 cm³/mol. The number of anilines is 2. The summed E-state index contributed by atoms with van der Waals surface area (Å²) < 4.78 is 5.32. The Morgan fingerprint density at radius 1 is 1.06 bits per heavy atom. The Balaban J connectivity index is 1.33. The number of carbonyl (C=O) groups excluding carboxylic acids is 3. The third-order valence-corrected chi connectivity index (χ3v) is 6.76. The summed E-state index contributed by atoms with van der Waals surface area (Å²) in [6.07, 6.45) is -0.161. The molecule has 2 heterocycles. The van der Waals surface area contributed by atoms with Gasteiger partial charge in [0.05, 0.1) is 20.1 Å². The molecule has 0 aliphatic carbocycles. The lowest BCUT2D eigenvalue weighted by atomic mass is 10.1. The van der Waals surface area contributed by atoms with Crippen molar-refractivity contribution in [3.63, 3.8) is 0 Å². The molecule has 2 aliphatic rings. The van der Waals surface area contributed by atoms with Crippen molar-refractivity contribution in [2.45, 2.75) is 12.5 Å². The Morgan fingerprint density at radius 3 is 2.47 bits per heavy atom. The summed E-state index contributed by atoms with van der Waals surface area (Å²) >= 11 is 12.0. The van der Waals surface area contributed by atoms with E-state index in [1.54, 1.807) is 25.3 Å². The minimum absolute atomic E-state index is 0.161. The number of methoxy groups -OCH3 is 1. The van der Waals surface area contributed by atoms with Crippen LogP contribution in [0.1, 0.15) is 6.42 Å². The molecular weight excluding hydrogens is 505 g/mol. The number of amides is 3. The Hall–Kier alpha value is -3.01. The molecule has 2 fully saturated rings. The molecule has 0 bridgehead atoms.